The molecular formula is C15H16BrNOS. The van der Waals surface area contributed by atoms with Crippen LogP contribution in [0.1, 0.15) is 27.0 Å². The van der Waals surface area contributed by atoms with Crippen LogP contribution in [-0.4, -0.2) is 17.9 Å². The maximum Gasteiger partial charge on any atom is 0.253 e. The second kappa shape index (κ2) is 5.88. The number of thiophene rings is 1. The van der Waals surface area contributed by atoms with Crippen LogP contribution in [0.2, 0.25) is 0 Å². The first-order chi connectivity index (χ1) is 8.95. The third-order valence-corrected chi connectivity index (χ3v) is 4.41. The molecule has 0 aliphatic carbocycles. The summed E-state index contributed by atoms with van der Waals surface area (Å²) >= 11 is 5.08. The van der Waals surface area contributed by atoms with Crippen LogP contribution in [0.15, 0.2) is 33.4 Å². The van der Waals surface area contributed by atoms with Crippen molar-refractivity contribution in [1.29, 1.82) is 0 Å². The standard InChI is InChI=1S/C15H16BrNOS/c1-10-4-11(2)6-13(5-10)15(18)17(3)8-12-7-14(16)19-9-12/h4-7,9H,8H2,1-3H3. The van der Waals surface area contributed by atoms with Gasteiger partial charge in [0.15, 0.2) is 0 Å². The van der Waals surface area contributed by atoms with Gasteiger partial charge in [-0.15, -0.1) is 11.3 Å². The molecule has 0 bridgehead atoms. The van der Waals surface area contributed by atoms with E-state index in [1.807, 2.05) is 33.0 Å². The summed E-state index contributed by atoms with van der Waals surface area (Å²) in [4.78, 5) is 14.1. The average Bonchev–Trinajstić information content (AvgIpc) is 2.72. The van der Waals surface area contributed by atoms with Crippen LogP contribution in [0.25, 0.3) is 0 Å². The van der Waals surface area contributed by atoms with Gasteiger partial charge in [-0.2, -0.15) is 0 Å². The molecule has 2 rings (SSSR count). The average molecular weight is 338 g/mol. The molecule has 1 amide bonds. The normalized spacial score (nSPS) is 10.5. The third kappa shape index (κ3) is 3.67. The Kier molecular flexibility index (Phi) is 4.42. The highest BCUT2D eigenvalue weighted by Gasteiger charge is 2.13. The van der Waals surface area contributed by atoms with Gasteiger partial charge in [-0.1, -0.05) is 17.2 Å². The van der Waals surface area contributed by atoms with Gasteiger partial charge in [-0.05, 0) is 58.9 Å². The van der Waals surface area contributed by atoms with Gasteiger partial charge >= 0.3 is 0 Å². The predicted octanol–water partition coefficient (Wildman–Crippen LogP) is 4.40. The van der Waals surface area contributed by atoms with Crippen molar-refractivity contribution in [2.24, 2.45) is 0 Å². The number of aryl methyl sites for hydroxylation is 2. The number of hydrogen-bond acceptors (Lipinski definition) is 2. The largest absolute Gasteiger partial charge is 0.337 e. The van der Waals surface area contributed by atoms with Gasteiger partial charge in [0.05, 0.1) is 3.79 Å². The summed E-state index contributed by atoms with van der Waals surface area (Å²) in [6, 6.07) is 8.01. The lowest BCUT2D eigenvalue weighted by Crippen LogP contribution is -2.26. The van der Waals surface area contributed by atoms with Crippen LogP contribution in [0, 0.1) is 13.8 Å². The summed E-state index contributed by atoms with van der Waals surface area (Å²) in [5.41, 5.74) is 4.15. The fourth-order valence-corrected chi connectivity index (χ4v) is 3.29. The minimum absolute atomic E-state index is 0.0640. The number of nitrogens with zero attached hydrogens (tertiary/aromatic N) is 1. The molecule has 0 radical (unpaired) electrons. The molecule has 0 aliphatic heterocycles. The Balaban J connectivity index is 2.14. The summed E-state index contributed by atoms with van der Waals surface area (Å²) in [6.45, 7) is 4.66. The quantitative estimate of drug-likeness (QED) is 0.812. The van der Waals surface area contributed by atoms with Gasteiger partial charge in [0.1, 0.15) is 0 Å². The van der Waals surface area contributed by atoms with E-state index in [0.717, 1.165) is 26.0 Å². The second-order valence-electron chi connectivity index (χ2n) is 4.80. The maximum atomic E-state index is 12.4. The summed E-state index contributed by atoms with van der Waals surface area (Å²) in [7, 11) is 1.84. The van der Waals surface area contributed by atoms with Gasteiger partial charge in [0.2, 0.25) is 0 Å². The molecule has 100 valence electrons. The molecule has 19 heavy (non-hydrogen) atoms. The molecule has 0 saturated carbocycles. The number of amides is 1. The van der Waals surface area contributed by atoms with E-state index in [1.54, 1.807) is 16.2 Å². The van der Waals surface area contributed by atoms with Crippen LogP contribution in [0.5, 0.6) is 0 Å². The molecule has 0 spiro atoms. The Labute approximate surface area is 126 Å². The Morgan fingerprint density at radius 1 is 1.21 bits per heavy atom. The van der Waals surface area contributed by atoms with Crippen molar-refractivity contribution in [1.82, 2.24) is 4.90 Å². The van der Waals surface area contributed by atoms with Crippen molar-refractivity contribution in [2.45, 2.75) is 20.4 Å². The Morgan fingerprint density at radius 3 is 2.37 bits per heavy atom. The van der Waals surface area contributed by atoms with Crippen LogP contribution >= 0.6 is 27.3 Å². The first-order valence-electron chi connectivity index (χ1n) is 6.02. The van der Waals surface area contributed by atoms with E-state index in [9.17, 15) is 4.79 Å². The number of halogens is 1. The predicted molar refractivity (Wildman–Crippen MR) is 83.7 cm³/mol. The molecule has 2 aromatic rings. The molecule has 0 unspecified atom stereocenters. The van der Waals surface area contributed by atoms with Crippen molar-refractivity contribution in [3.63, 3.8) is 0 Å². The lowest BCUT2D eigenvalue weighted by molar-refractivity contribution is 0.0785. The van der Waals surface area contributed by atoms with E-state index in [2.05, 4.69) is 33.4 Å². The number of hydrogen-bond donors (Lipinski definition) is 0. The highest BCUT2D eigenvalue weighted by molar-refractivity contribution is 9.11. The molecule has 0 atom stereocenters. The number of carbonyl (C=O) groups excluding carboxylic acids is 1. The highest BCUT2D eigenvalue weighted by Crippen LogP contribution is 2.22. The van der Waals surface area contributed by atoms with Crippen molar-refractivity contribution in [2.75, 3.05) is 7.05 Å². The number of carbonyl (C=O) groups is 1. The van der Waals surface area contributed by atoms with E-state index in [4.69, 9.17) is 0 Å². The lowest BCUT2D eigenvalue weighted by Gasteiger charge is -2.17. The Morgan fingerprint density at radius 2 is 1.84 bits per heavy atom. The van der Waals surface area contributed by atoms with Crippen molar-refractivity contribution >= 4 is 33.2 Å². The Hall–Kier alpha value is -1.13. The summed E-state index contributed by atoms with van der Waals surface area (Å²) < 4.78 is 1.09. The van der Waals surface area contributed by atoms with E-state index in [1.165, 1.54) is 0 Å². The first kappa shape index (κ1) is 14.3. The Bertz CT molecular complexity index is 586. The second-order valence-corrected chi connectivity index (χ2v) is 7.09. The summed E-state index contributed by atoms with van der Waals surface area (Å²) in [5, 5.41) is 2.06. The van der Waals surface area contributed by atoms with Gasteiger partial charge in [-0.25, -0.2) is 0 Å². The molecule has 2 nitrogen and oxygen atoms in total. The van der Waals surface area contributed by atoms with E-state index in [0.29, 0.717) is 6.54 Å². The zero-order chi connectivity index (χ0) is 14.0. The highest BCUT2D eigenvalue weighted by atomic mass is 79.9. The zero-order valence-electron chi connectivity index (χ0n) is 11.2. The molecule has 1 heterocycles. The van der Waals surface area contributed by atoms with Gasteiger partial charge in [0, 0.05) is 19.2 Å². The fraction of sp³-hybridized carbons (Fsp3) is 0.267. The summed E-state index contributed by atoms with van der Waals surface area (Å²) in [6.07, 6.45) is 0. The topological polar surface area (TPSA) is 20.3 Å². The molecule has 0 N–H and O–H groups in total. The van der Waals surface area contributed by atoms with Crippen LogP contribution in [-0.2, 0) is 6.54 Å². The zero-order valence-corrected chi connectivity index (χ0v) is 13.6. The minimum Gasteiger partial charge on any atom is -0.337 e. The monoisotopic (exact) mass is 337 g/mol. The van der Waals surface area contributed by atoms with Gasteiger partial charge in [0.25, 0.3) is 5.91 Å². The maximum absolute atomic E-state index is 12.4. The SMILES string of the molecule is Cc1cc(C)cc(C(=O)N(C)Cc2csc(Br)c2)c1. The van der Waals surface area contributed by atoms with Crippen molar-refractivity contribution in [3.8, 4) is 0 Å². The van der Waals surface area contributed by atoms with Crippen molar-refractivity contribution in [3.05, 3.63) is 55.7 Å². The molecular weight excluding hydrogens is 322 g/mol. The molecule has 1 aromatic heterocycles. The van der Waals surface area contributed by atoms with E-state index < -0.39 is 0 Å². The van der Waals surface area contributed by atoms with Crippen LogP contribution in [0.4, 0.5) is 0 Å². The van der Waals surface area contributed by atoms with E-state index in [-0.39, 0.29) is 5.91 Å². The molecule has 0 aliphatic rings. The van der Waals surface area contributed by atoms with Crippen LogP contribution < -0.4 is 0 Å². The first-order valence-corrected chi connectivity index (χ1v) is 7.69. The van der Waals surface area contributed by atoms with Gasteiger partial charge in [-0.3, -0.25) is 4.79 Å². The molecule has 0 fully saturated rings. The smallest absolute Gasteiger partial charge is 0.253 e. The fourth-order valence-electron chi connectivity index (χ4n) is 2.09. The molecule has 4 heteroatoms. The third-order valence-electron chi connectivity index (χ3n) is 2.86. The molecule has 0 saturated heterocycles. The van der Waals surface area contributed by atoms with Gasteiger partial charge < -0.3 is 4.90 Å². The van der Waals surface area contributed by atoms with E-state index >= 15 is 0 Å². The van der Waals surface area contributed by atoms with Crippen LogP contribution in [0.3, 0.4) is 0 Å². The lowest BCUT2D eigenvalue weighted by atomic mass is 10.1. The van der Waals surface area contributed by atoms with Crippen molar-refractivity contribution < 1.29 is 4.79 Å². The number of rotatable bonds is 3. The number of benzene rings is 1. The molecule has 1 aromatic carbocycles. The minimum atomic E-state index is 0.0640. The summed E-state index contributed by atoms with van der Waals surface area (Å²) in [5.74, 6) is 0.0640.